The van der Waals surface area contributed by atoms with Crippen molar-refractivity contribution in [3.05, 3.63) is 92.9 Å². The molecule has 0 saturated heterocycles. The molecular weight excluding hydrogens is 557 g/mol. The van der Waals surface area contributed by atoms with Gasteiger partial charge in [0.25, 0.3) is 10.0 Å². The van der Waals surface area contributed by atoms with E-state index in [0.717, 1.165) is 4.31 Å². The Morgan fingerprint density at radius 2 is 1.57 bits per heavy atom. The zero-order chi connectivity index (χ0) is 27.3. The molecule has 0 spiro atoms. The molecule has 1 atom stereocenters. The molecule has 0 saturated carbocycles. The van der Waals surface area contributed by atoms with Gasteiger partial charge in [-0.25, -0.2) is 8.42 Å². The van der Waals surface area contributed by atoms with Crippen molar-refractivity contribution in [3.63, 3.8) is 0 Å². The molecular formula is C26H26Cl3N3O4S. The number of sulfonamides is 1. The van der Waals surface area contributed by atoms with Crippen molar-refractivity contribution in [3.8, 4) is 0 Å². The summed E-state index contributed by atoms with van der Waals surface area (Å²) in [5, 5.41) is 3.57. The maximum absolute atomic E-state index is 13.8. The lowest BCUT2D eigenvalue weighted by Crippen LogP contribution is -2.50. The standard InChI is InChI=1S/C26H26Cl3N3O4S/c1-17-9-11-21(28)14-24(17)32(37(35,36)22-7-5-4-6-8-22)16-25(33)31(18(2)26(34)30-3)15-19-10-12-20(27)13-23(19)29/h4-14,18H,15-16H2,1-3H3,(H,30,34). The molecule has 3 rings (SSSR count). The van der Waals surface area contributed by atoms with E-state index in [9.17, 15) is 18.0 Å². The number of nitrogens with one attached hydrogen (secondary N) is 1. The first-order chi connectivity index (χ1) is 17.4. The Labute approximate surface area is 232 Å². The van der Waals surface area contributed by atoms with Crippen molar-refractivity contribution in [1.82, 2.24) is 10.2 Å². The molecule has 0 radical (unpaired) electrons. The number of nitrogens with zero attached hydrogens (tertiary/aromatic N) is 2. The number of carbonyl (C=O) groups excluding carboxylic acids is 2. The van der Waals surface area contributed by atoms with E-state index in [1.807, 2.05) is 0 Å². The summed E-state index contributed by atoms with van der Waals surface area (Å²) >= 11 is 18.6. The van der Waals surface area contributed by atoms with Crippen LogP contribution in [-0.2, 0) is 26.2 Å². The van der Waals surface area contributed by atoms with Crippen molar-refractivity contribution in [1.29, 1.82) is 0 Å². The quantitative estimate of drug-likeness (QED) is 0.370. The van der Waals surface area contributed by atoms with Gasteiger partial charge in [0.05, 0.1) is 10.6 Å². The van der Waals surface area contributed by atoms with E-state index >= 15 is 0 Å². The summed E-state index contributed by atoms with van der Waals surface area (Å²) < 4.78 is 28.5. The van der Waals surface area contributed by atoms with Crippen molar-refractivity contribution in [2.75, 3.05) is 17.9 Å². The average molecular weight is 583 g/mol. The van der Waals surface area contributed by atoms with Gasteiger partial charge in [0.15, 0.2) is 0 Å². The molecule has 3 aromatic rings. The van der Waals surface area contributed by atoms with E-state index in [4.69, 9.17) is 34.8 Å². The zero-order valence-corrected chi connectivity index (χ0v) is 23.5. The molecule has 2 amide bonds. The van der Waals surface area contributed by atoms with Crippen LogP contribution >= 0.6 is 34.8 Å². The maximum Gasteiger partial charge on any atom is 0.264 e. The third-order valence-corrected chi connectivity index (χ3v) is 8.42. The number of hydrogen-bond donors (Lipinski definition) is 1. The van der Waals surface area contributed by atoms with Crippen molar-refractivity contribution in [2.45, 2.75) is 31.3 Å². The van der Waals surface area contributed by atoms with Crippen molar-refractivity contribution < 1.29 is 18.0 Å². The second-order valence-corrected chi connectivity index (χ2v) is 11.4. The number of likely N-dealkylation sites (N-methyl/N-ethyl adjacent to an activating group) is 1. The van der Waals surface area contributed by atoms with Gasteiger partial charge in [0.1, 0.15) is 12.6 Å². The van der Waals surface area contributed by atoms with Gasteiger partial charge in [-0.1, -0.05) is 65.1 Å². The molecule has 0 fully saturated rings. The van der Waals surface area contributed by atoms with E-state index in [1.54, 1.807) is 56.3 Å². The fourth-order valence-electron chi connectivity index (χ4n) is 3.71. The van der Waals surface area contributed by atoms with Crippen LogP contribution in [0.5, 0.6) is 0 Å². The Balaban J connectivity index is 2.08. The van der Waals surface area contributed by atoms with E-state index in [2.05, 4.69) is 5.32 Å². The summed E-state index contributed by atoms with van der Waals surface area (Å²) in [7, 11) is -2.72. The third kappa shape index (κ3) is 6.76. The predicted molar refractivity (Wildman–Crippen MR) is 148 cm³/mol. The van der Waals surface area contributed by atoms with Gasteiger partial charge in [-0.3, -0.25) is 13.9 Å². The molecule has 0 heterocycles. The second-order valence-electron chi connectivity index (χ2n) is 8.30. The number of hydrogen-bond acceptors (Lipinski definition) is 4. The Hall–Kier alpha value is -2.78. The van der Waals surface area contributed by atoms with Crippen LogP contribution < -0.4 is 9.62 Å². The number of aryl methyl sites for hydroxylation is 1. The summed E-state index contributed by atoms with van der Waals surface area (Å²) in [6.45, 7) is 2.66. The van der Waals surface area contributed by atoms with Gasteiger partial charge in [-0.15, -0.1) is 0 Å². The van der Waals surface area contributed by atoms with Crippen molar-refractivity contribution >= 4 is 62.3 Å². The van der Waals surface area contributed by atoms with Gasteiger partial charge in [0.2, 0.25) is 11.8 Å². The highest BCUT2D eigenvalue weighted by molar-refractivity contribution is 7.92. The number of benzene rings is 3. The van der Waals surface area contributed by atoms with Crippen molar-refractivity contribution in [2.24, 2.45) is 0 Å². The largest absolute Gasteiger partial charge is 0.357 e. The van der Waals surface area contributed by atoms with Gasteiger partial charge >= 0.3 is 0 Å². The minimum absolute atomic E-state index is 0.00817. The minimum Gasteiger partial charge on any atom is -0.357 e. The Bertz CT molecular complexity index is 1400. The smallest absolute Gasteiger partial charge is 0.264 e. The van der Waals surface area contributed by atoms with Crippen LogP contribution in [0, 0.1) is 6.92 Å². The number of carbonyl (C=O) groups is 2. The Morgan fingerprint density at radius 1 is 0.946 bits per heavy atom. The molecule has 1 N–H and O–H groups in total. The van der Waals surface area contributed by atoms with Crippen LogP contribution in [0.3, 0.4) is 0 Å². The number of rotatable bonds is 9. The minimum atomic E-state index is -4.18. The van der Waals surface area contributed by atoms with Gasteiger partial charge in [0, 0.05) is 28.7 Å². The maximum atomic E-state index is 13.8. The first-order valence-corrected chi connectivity index (χ1v) is 13.8. The molecule has 37 heavy (non-hydrogen) atoms. The summed E-state index contributed by atoms with van der Waals surface area (Å²) in [4.78, 5) is 27.6. The van der Waals surface area contributed by atoms with Gasteiger partial charge < -0.3 is 10.2 Å². The monoisotopic (exact) mass is 581 g/mol. The molecule has 11 heteroatoms. The molecule has 0 bridgehead atoms. The van der Waals surface area contributed by atoms with Crippen LogP contribution in [0.4, 0.5) is 5.69 Å². The fraction of sp³-hybridized carbons (Fsp3) is 0.231. The summed E-state index contributed by atoms with van der Waals surface area (Å²) in [5.41, 5.74) is 1.40. The van der Waals surface area contributed by atoms with E-state index in [-0.39, 0.29) is 17.1 Å². The van der Waals surface area contributed by atoms with Gasteiger partial charge in [-0.05, 0) is 61.4 Å². The third-order valence-electron chi connectivity index (χ3n) is 5.82. The molecule has 1 unspecified atom stereocenters. The molecule has 0 aliphatic rings. The summed E-state index contributed by atoms with van der Waals surface area (Å²) in [5.74, 6) is -1.03. The number of anilines is 1. The van der Waals surface area contributed by atoms with Crippen LogP contribution in [0.2, 0.25) is 15.1 Å². The first kappa shape index (κ1) is 28.8. The lowest BCUT2D eigenvalue weighted by atomic mass is 10.1. The lowest BCUT2D eigenvalue weighted by Gasteiger charge is -2.32. The fourth-order valence-corrected chi connectivity index (χ4v) is 5.84. The van der Waals surface area contributed by atoms with Crippen LogP contribution in [-0.4, -0.2) is 44.8 Å². The highest BCUT2D eigenvalue weighted by Crippen LogP contribution is 2.30. The molecule has 0 aromatic heterocycles. The highest BCUT2D eigenvalue weighted by Gasteiger charge is 2.33. The van der Waals surface area contributed by atoms with Crippen LogP contribution in [0.15, 0.2) is 71.6 Å². The van der Waals surface area contributed by atoms with Crippen LogP contribution in [0.1, 0.15) is 18.1 Å². The van der Waals surface area contributed by atoms with E-state index in [1.165, 1.54) is 36.2 Å². The lowest BCUT2D eigenvalue weighted by molar-refractivity contribution is -0.139. The average Bonchev–Trinajstić information content (AvgIpc) is 2.87. The number of amides is 2. The second kappa shape index (κ2) is 12.2. The van der Waals surface area contributed by atoms with Gasteiger partial charge in [-0.2, -0.15) is 0 Å². The summed E-state index contributed by atoms with van der Waals surface area (Å²) in [6, 6.07) is 16.5. The molecule has 0 aliphatic heterocycles. The van der Waals surface area contributed by atoms with Crippen LogP contribution in [0.25, 0.3) is 0 Å². The summed E-state index contributed by atoms with van der Waals surface area (Å²) in [6.07, 6.45) is 0. The molecule has 196 valence electrons. The number of halogens is 3. The first-order valence-electron chi connectivity index (χ1n) is 11.2. The molecule has 3 aromatic carbocycles. The Morgan fingerprint density at radius 3 is 2.19 bits per heavy atom. The zero-order valence-electron chi connectivity index (χ0n) is 20.4. The molecule has 0 aliphatic carbocycles. The normalized spacial score (nSPS) is 12.1. The van der Waals surface area contributed by atoms with E-state index < -0.39 is 34.4 Å². The Kier molecular flexibility index (Phi) is 9.47. The topological polar surface area (TPSA) is 86.8 Å². The predicted octanol–water partition coefficient (Wildman–Crippen LogP) is 5.31. The highest BCUT2D eigenvalue weighted by atomic mass is 35.5. The SMILES string of the molecule is CNC(=O)C(C)N(Cc1ccc(Cl)cc1Cl)C(=O)CN(c1cc(Cl)ccc1C)S(=O)(=O)c1ccccc1. The van der Waals surface area contributed by atoms with E-state index in [0.29, 0.717) is 26.2 Å². The molecule has 7 nitrogen and oxygen atoms in total.